The number of hydrogen-bond acceptors (Lipinski definition) is 1. The Morgan fingerprint density at radius 1 is 1.09 bits per heavy atom. The van der Waals surface area contributed by atoms with Crippen LogP contribution in [0.2, 0.25) is 0 Å². The molecule has 0 bridgehead atoms. The van der Waals surface area contributed by atoms with E-state index in [-0.39, 0.29) is 0 Å². The highest BCUT2D eigenvalue weighted by Crippen LogP contribution is 2.64. The van der Waals surface area contributed by atoms with Gasteiger partial charge in [0, 0.05) is 0 Å². The van der Waals surface area contributed by atoms with Crippen molar-refractivity contribution < 1.29 is 0 Å². The van der Waals surface area contributed by atoms with Crippen molar-refractivity contribution in [1.29, 1.82) is 0 Å². The maximum atomic E-state index is 8.80. The third kappa shape index (κ3) is 2.00. The monoisotopic (exact) mass is 300 g/mol. The molecule has 0 aromatic heterocycles. The van der Waals surface area contributed by atoms with Crippen LogP contribution in [0.5, 0.6) is 0 Å². The first-order valence-electron chi connectivity index (χ1n) is 9.34. The Morgan fingerprint density at radius 2 is 1.95 bits per heavy atom. The molecule has 22 heavy (non-hydrogen) atoms. The third-order valence-corrected chi connectivity index (χ3v) is 8.23. The summed E-state index contributed by atoms with van der Waals surface area (Å²) >= 11 is 0. The van der Waals surface area contributed by atoms with Gasteiger partial charge in [-0.1, -0.05) is 26.0 Å². The SMILES string of the molecule is C[C@]12CC[C@@H](NN=[N-])C[C@@H]1CC[C@H]1[C@@H]2CC[C@]2(C)C=CC[C@@H]12. The molecule has 1 N–H and O–H groups in total. The van der Waals surface area contributed by atoms with Crippen molar-refractivity contribution in [3.05, 3.63) is 17.7 Å². The van der Waals surface area contributed by atoms with E-state index in [1.807, 2.05) is 0 Å². The smallest absolute Gasteiger partial charge is 0.0112 e. The molecule has 4 aliphatic rings. The van der Waals surface area contributed by atoms with Gasteiger partial charge >= 0.3 is 0 Å². The van der Waals surface area contributed by atoms with E-state index in [1.165, 1.54) is 51.4 Å². The Hall–Kier alpha value is -0.860. The Labute approximate surface area is 134 Å². The minimum absolute atomic E-state index is 0.390. The predicted octanol–water partition coefficient (Wildman–Crippen LogP) is 5.09. The second-order valence-electron chi connectivity index (χ2n) is 9.04. The Balaban J connectivity index is 1.56. The van der Waals surface area contributed by atoms with Gasteiger partial charge in [-0.3, -0.25) is 5.22 Å². The molecule has 0 aromatic rings. The maximum Gasteiger partial charge on any atom is -0.0112 e. The molecule has 0 aliphatic heterocycles. The Kier molecular flexibility index (Phi) is 3.39. The molecule has 4 rings (SSSR count). The molecule has 0 radical (unpaired) electrons. The van der Waals surface area contributed by atoms with Crippen LogP contribution in [0.25, 0.3) is 5.53 Å². The highest BCUT2D eigenvalue weighted by molar-refractivity contribution is 5.16. The van der Waals surface area contributed by atoms with E-state index < -0.39 is 0 Å². The molecule has 0 amide bonds. The van der Waals surface area contributed by atoms with Crippen LogP contribution in [0.15, 0.2) is 17.4 Å². The first kappa shape index (κ1) is 14.7. The molecule has 0 heterocycles. The van der Waals surface area contributed by atoms with Gasteiger partial charge in [0.1, 0.15) is 0 Å². The second kappa shape index (κ2) is 5.07. The van der Waals surface area contributed by atoms with Crippen LogP contribution in [0.4, 0.5) is 0 Å². The highest BCUT2D eigenvalue weighted by Gasteiger charge is 2.56. The number of fused-ring (bicyclic) bond motifs is 5. The van der Waals surface area contributed by atoms with E-state index in [2.05, 4.69) is 36.6 Å². The summed E-state index contributed by atoms with van der Waals surface area (Å²) < 4.78 is 0. The molecule has 3 heteroatoms. The van der Waals surface area contributed by atoms with Crippen molar-refractivity contribution in [1.82, 2.24) is 5.43 Å². The summed E-state index contributed by atoms with van der Waals surface area (Å²) in [6.07, 6.45) is 15.6. The van der Waals surface area contributed by atoms with Crippen LogP contribution >= 0.6 is 0 Å². The lowest BCUT2D eigenvalue weighted by atomic mass is 9.45. The zero-order chi connectivity index (χ0) is 15.4. The van der Waals surface area contributed by atoms with E-state index in [9.17, 15) is 0 Å². The zero-order valence-corrected chi connectivity index (χ0v) is 14.1. The third-order valence-electron chi connectivity index (χ3n) is 8.23. The van der Waals surface area contributed by atoms with Crippen LogP contribution in [0, 0.1) is 34.5 Å². The van der Waals surface area contributed by atoms with Crippen molar-refractivity contribution in [2.75, 3.05) is 0 Å². The van der Waals surface area contributed by atoms with Gasteiger partial charge in [-0.2, -0.15) is 0 Å². The van der Waals surface area contributed by atoms with Gasteiger partial charge in [0.15, 0.2) is 0 Å². The summed E-state index contributed by atoms with van der Waals surface area (Å²) in [5.74, 6) is 3.60. The van der Waals surface area contributed by atoms with Gasteiger partial charge in [0.05, 0.1) is 0 Å². The van der Waals surface area contributed by atoms with Gasteiger partial charge in [-0.05, 0) is 91.9 Å². The molecule has 3 saturated carbocycles. The van der Waals surface area contributed by atoms with Gasteiger partial charge < -0.3 is 11.0 Å². The first-order valence-corrected chi connectivity index (χ1v) is 9.34. The van der Waals surface area contributed by atoms with E-state index in [0.29, 0.717) is 16.9 Å². The minimum Gasteiger partial charge on any atom is -0.411 e. The molecule has 0 unspecified atom stereocenters. The number of rotatable bonds is 2. The lowest BCUT2D eigenvalue weighted by Gasteiger charge is -2.61. The standard InChI is InChI=1S/C19H30N3/c1-18-9-3-4-16(18)15-6-5-13-12-14(21-22-20)7-11-19(13,2)17(15)8-10-18/h3,9,13-17H,4-8,10-12H2,1-2H3,(H-,20,21)/q-1/t13-,14+,15+,16-,17-,18-,19-/m0/s1. The molecule has 3 fully saturated rings. The van der Waals surface area contributed by atoms with Gasteiger partial charge in [-0.15, -0.1) is 0 Å². The summed E-state index contributed by atoms with van der Waals surface area (Å²) in [4.78, 5) is 0. The topological polar surface area (TPSA) is 46.7 Å². The Morgan fingerprint density at radius 3 is 2.77 bits per heavy atom. The van der Waals surface area contributed by atoms with Crippen LogP contribution in [0.3, 0.4) is 0 Å². The van der Waals surface area contributed by atoms with Crippen molar-refractivity contribution >= 4 is 0 Å². The molecule has 0 spiro atoms. The number of nitrogens with one attached hydrogen (secondary N) is 1. The van der Waals surface area contributed by atoms with Gasteiger partial charge in [0.2, 0.25) is 0 Å². The van der Waals surface area contributed by atoms with Crippen LogP contribution in [-0.4, -0.2) is 6.04 Å². The van der Waals surface area contributed by atoms with Crippen LogP contribution in [0.1, 0.15) is 65.2 Å². The summed E-state index contributed by atoms with van der Waals surface area (Å²) in [5, 5.41) is 3.20. The number of allylic oxidation sites excluding steroid dienone is 2. The summed E-state index contributed by atoms with van der Waals surface area (Å²) in [5.41, 5.74) is 12.8. The van der Waals surface area contributed by atoms with Crippen molar-refractivity contribution in [3.63, 3.8) is 0 Å². The molecule has 122 valence electrons. The largest absolute Gasteiger partial charge is 0.411 e. The second-order valence-corrected chi connectivity index (χ2v) is 9.04. The van der Waals surface area contributed by atoms with Crippen molar-refractivity contribution in [3.8, 4) is 0 Å². The van der Waals surface area contributed by atoms with E-state index in [4.69, 9.17) is 5.53 Å². The Bertz CT molecular complexity index is 487. The van der Waals surface area contributed by atoms with Gasteiger partial charge in [-0.25, -0.2) is 0 Å². The molecule has 3 nitrogen and oxygen atoms in total. The summed E-state index contributed by atoms with van der Waals surface area (Å²) in [6.45, 7) is 5.10. The van der Waals surface area contributed by atoms with Crippen molar-refractivity contribution in [2.45, 2.75) is 71.3 Å². The fourth-order valence-electron chi connectivity index (χ4n) is 6.94. The lowest BCUT2D eigenvalue weighted by Crippen LogP contribution is -2.54. The number of nitrogens with zero attached hydrogens (tertiary/aromatic N) is 2. The minimum atomic E-state index is 0.390. The fraction of sp³-hybridized carbons (Fsp3) is 0.895. The first-order chi connectivity index (χ1) is 10.6. The molecule has 0 aromatic carbocycles. The average Bonchev–Trinajstić information content (AvgIpc) is 2.89. The molecule has 0 saturated heterocycles. The summed E-state index contributed by atoms with van der Waals surface area (Å²) in [7, 11) is 0. The van der Waals surface area contributed by atoms with Gasteiger partial charge in [0.25, 0.3) is 0 Å². The molecule has 4 aliphatic carbocycles. The fourth-order valence-corrected chi connectivity index (χ4v) is 6.94. The van der Waals surface area contributed by atoms with E-state index >= 15 is 0 Å². The van der Waals surface area contributed by atoms with E-state index in [1.54, 1.807) is 0 Å². The normalized spacial score (nSPS) is 53.3. The maximum absolute atomic E-state index is 8.80. The quantitative estimate of drug-likeness (QED) is 0.431. The summed E-state index contributed by atoms with van der Waals surface area (Å²) in [6, 6.07) is 0.390. The number of hydrogen-bond donors (Lipinski definition) is 1. The lowest BCUT2D eigenvalue weighted by molar-refractivity contribution is -0.101. The predicted molar refractivity (Wildman–Crippen MR) is 89.0 cm³/mol. The molecule has 7 atom stereocenters. The highest BCUT2D eigenvalue weighted by atomic mass is 15.4. The molecular formula is C19H30N3-. The van der Waals surface area contributed by atoms with Crippen LogP contribution < -0.4 is 5.43 Å². The van der Waals surface area contributed by atoms with Crippen LogP contribution in [-0.2, 0) is 0 Å². The van der Waals surface area contributed by atoms with Crippen molar-refractivity contribution in [2.24, 2.45) is 39.7 Å². The van der Waals surface area contributed by atoms with E-state index in [0.717, 1.165) is 23.7 Å². The zero-order valence-electron chi connectivity index (χ0n) is 14.1. The molecular weight excluding hydrogens is 270 g/mol. The average molecular weight is 300 g/mol.